The van der Waals surface area contributed by atoms with Crippen LogP contribution in [-0.4, -0.2) is 17.6 Å². The predicted octanol–water partition coefficient (Wildman–Crippen LogP) is 2.56. The summed E-state index contributed by atoms with van der Waals surface area (Å²) >= 11 is 0.719. The van der Waals surface area contributed by atoms with Crippen LogP contribution < -0.4 is 0 Å². The molecule has 0 fully saturated rings. The number of rotatable bonds is 3. The van der Waals surface area contributed by atoms with E-state index in [-0.39, 0.29) is 0 Å². The SMILES string of the molecule is F[B-](F)(F)CSc1ccccn1. The first-order valence-corrected chi connectivity index (χ1v) is 4.31. The van der Waals surface area contributed by atoms with Gasteiger partial charge in [0.1, 0.15) is 0 Å². The minimum absolute atomic E-state index is 0.414. The molecule has 0 bridgehead atoms. The minimum atomic E-state index is -4.71. The molecule has 0 aliphatic carbocycles. The smallest absolute Gasteiger partial charge is 0.448 e. The van der Waals surface area contributed by atoms with Crippen LogP contribution >= 0.6 is 11.8 Å². The topological polar surface area (TPSA) is 12.9 Å². The summed E-state index contributed by atoms with van der Waals surface area (Å²) in [5.41, 5.74) is -0.822. The Balaban J connectivity index is 2.44. The maximum absolute atomic E-state index is 11.8. The average Bonchev–Trinajstić information content (AvgIpc) is 2.02. The fourth-order valence-electron chi connectivity index (χ4n) is 0.612. The maximum atomic E-state index is 11.8. The van der Waals surface area contributed by atoms with Gasteiger partial charge in [0.2, 0.25) is 0 Å². The number of halogens is 3. The summed E-state index contributed by atoms with van der Waals surface area (Å²) in [5.74, 6) is 0. The summed E-state index contributed by atoms with van der Waals surface area (Å²) in [7, 11) is 0. The van der Waals surface area contributed by atoms with Gasteiger partial charge in [0.05, 0.1) is 5.03 Å². The van der Waals surface area contributed by atoms with Gasteiger partial charge in [0, 0.05) is 6.20 Å². The van der Waals surface area contributed by atoms with E-state index in [9.17, 15) is 12.9 Å². The van der Waals surface area contributed by atoms with Gasteiger partial charge in [-0.25, -0.2) is 0 Å². The van der Waals surface area contributed by atoms with Crippen molar-refractivity contribution < 1.29 is 12.9 Å². The number of nitrogens with zero attached hydrogens (tertiary/aromatic N) is 1. The van der Waals surface area contributed by atoms with Crippen molar-refractivity contribution >= 4 is 18.7 Å². The molecule has 0 saturated heterocycles. The minimum Gasteiger partial charge on any atom is -0.448 e. The first-order chi connectivity index (χ1) is 5.58. The van der Waals surface area contributed by atoms with Crippen molar-refractivity contribution in [3.8, 4) is 0 Å². The molecule has 0 saturated carbocycles. The van der Waals surface area contributed by atoms with Crippen molar-refractivity contribution in [3.63, 3.8) is 0 Å². The second-order valence-electron chi connectivity index (χ2n) is 2.19. The second-order valence-corrected chi connectivity index (χ2v) is 3.23. The lowest BCUT2D eigenvalue weighted by Gasteiger charge is -2.11. The van der Waals surface area contributed by atoms with Gasteiger partial charge < -0.3 is 12.9 Å². The molecule has 6 heteroatoms. The number of hydrogen-bond acceptors (Lipinski definition) is 2. The van der Waals surface area contributed by atoms with Crippen LogP contribution in [-0.2, 0) is 0 Å². The molecule has 0 aliphatic rings. The molecule has 0 atom stereocenters. The highest BCUT2D eigenvalue weighted by molar-refractivity contribution is 8.00. The number of thioether (sulfide) groups is 1. The normalized spacial score (nSPS) is 11.6. The summed E-state index contributed by atoms with van der Waals surface area (Å²) in [6, 6.07) is 4.90. The average molecular weight is 192 g/mol. The molecular weight excluding hydrogens is 186 g/mol. The molecule has 0 radical (unpaired) electrons. The third-order valence-electron chi connectivity index (χ3n) is 1.06. The van der Waals surface area contributed by atoms with E-state index in [2.05, 4.69) is 4.98 Å². The lowest BCUT2D eigenvalue weighted by atomic mass is 9.98. The molecule has 1 aromatic heterocycles. The Bertz CT molecular complexity index is 238. The van der Waals surface area contributed by atoms with E-state index in [0.29, 0.717) is 5.03 Å². The lowest BCUT2D eigenvalue weighted by Crippen LogP contribution is -2.18. The van der Waals surface area contributed by atoms with Gasteiger partial charge in [-0.2, -0.15) is 0 Å². The fraction of sp³-hybridized carbons (Fsp3) is 0.167. The zero-order valence-corrected chi connectivity index (χ0v) is 6.90. The molecular formula is C6H6BF3NS-. The number of aromatic nitrogens is 1. The zero-order chi connectivity index (χ0) is 9.03. The molecule has 1 nitrogen and oxygen atoms in total. The molecule has 0 amide bonds. The Morgan fingerprint density at radius 1 is 1.33 bits per heavy atom. The maximum Gasteiger partial charge on any atom is 0.488 e. The van der Waals surface area contributed by atoms with Gasteiger partial charge in [-0.05, 0) is 17.8 Å². The van der Waals surface area contributed by atoms with Crippen molar-refractivity contribution in [2.24, 2.45) is 0 Å². The van der Waals surface area contributed by atoms with Crippen molar-refractivity contribution in [3.05, 3.63) is 24.4 Å². The fourth-order valence-corrected chi connectivity index (χ4v) is 1.28. The predicted molar refractivity (Wildman–Crippen MR) is 44.0 cm³/mol. The molecule has 0 spiro atoms. The van der Waals surface area contributed by atoms with Crippen LogP contribution in [0.1, 0.15) is 0 Å². The Labute approximate surface area is 72.4 Å². The van der Waals surface area contributed by atoms with Gasteiger partial charge in [-0.15, -0.1) is 11.8 Å². The van der Waals surface area contributed by atoms with Gasteiger partial charge in [0.25, 0.3) is 0 Å². The molecule has 0 aromatic carbocycles. The van der Waals surface area contributed by atoms with Crippen LogP contribution in [0.4, 0.5) is 12.9 Å². The van der Waals surface area contributed by atoms with Crippen LogP contribution in [0.5, 0.6) is 0 Å². The van der Waals surface area contributed by atoms with E-state index in [4.69, 9.17) is 0 Å². The Morgan fingerprint density at radius 3 is 2.58 bits per heavy atom. The highest BCUT2D eigenvalue weighted by Gasteiger charge is 2.22. The number of hydrogen-bond donors (Lipinski definition) is 0. The Hall–Kier alpha value is -0.645. The Morgan fingerprint density at radius 2 is 2.08 bits per heavy atom. The molecule has 66 valence electrons. The van der Waals surface area contributed by atoms with E-state index in [1.807, 2.05) is 0 Å². The van der Waals surface area contributed by atoms with Crippen molar-refractivity contribution in [1.82, 2.24) is 4.98 Å². The van der Waals surface area contributed by atoms with Crippen LogP contribution in [0, 0.1) is 0 Å². The third-order valence-corrected chi connectivity index (χ3v) is 2.14. The first-order valence-electron chi connectivity index (χ1n) is 3.33. The van der Waals surface area contributed by atoms with E-state index in [1.54, 1.807) is 18.2 Å². The highest BCUT2D eigenvalue weighted by Crippen LogP contribution is 2.21. The van der Waals surface area contributed by atoms with E-state index in [1.165, 1.54) is 6.20 Å². The zero-order valence-electron chi connectivity index (χ0n) is 6.08. The van der Waals surface area contributed by atoms with Crippen LogP contribution in [0.15, 0.2) is 29.4 Å². The Kier molecular flexibility index (Phi) is 3.02. The van der Waals surface area contributed by atoms with Crippen molar-refractivity contribution in [1.29, 1.82) is 0 Å². The highest BCUT2D eigenvalue weighted by atomic mass is 32.2. The quantitative estimate of drug-likeness (QED) is 0.539. The summed E-state index contributed by atoms with van der Waals surface area (Å²) in [4.78, 5) is 3.75. The van der Waals surface area contributed by atoms with Gasteiger partial charge in [-0.1, -0.05) is 6.07 Å². The van der Waals surface area contributed by atoms with Crippen molar-refractivity contribution in [2.75, 3.05) is 5.65 Å². The van der Waals surface area contributed by atoms with Crippen LogP contribution in [0.2, 0.25) is 0 Å². The third kappa shape index (κ3) is 3.66. The molecule has 1 rings (SSSR count). The summed E-state index contributed by atoms with van der Waals surface area (Å²) < 4.78 is 35.3. The van der Waals surface area contributed by atoms with Crippen LogP contribution in [0.3, 0.4) is 0 Å². The first kappa shape index (κ1) is 9.44. The van der Waals surface area contributed by atoms with E-state index in [0.717, 1.165) is 11.8 Å². The standard InChI is InChI=1S/C6H6BF3NS/c8-7(9,10)5-12-6-3-1-2-4-11-6/h1-4H,5H2/q-1. The number of pyridine rings is 1. The molecule has 1 aromatic rings. The van der Waals surface area contributed by atoms with Crippen LogP contribution in [0.25, 0.3) is 0 Å². The van der Waals surface area contributed by atoms with Crippen molar-refractivity contribution in [2.45, 2.75) is 5.03 Å². The molecule has 0 unspecified atom stereocenters. The summed E-state index contributed by atoms with van der Waals surface area (Å²) in [6.07, 6.45) is 1.48. The van der Waals surface area contributed by atoms with Gasteiger partial charge >= 0.3 is 6.98 Å². The molecule has 0 aliphatic heterocycles. The monoisotopic (exact) mass is 192 g/mol. The molecule has 12 heavy (non-hydrogen) atoms. The molecule has 0 N–H and O–H groups in total. The summed E-state index contributed by atoms with van der Waals surface area (Å²) in [5, 5.41) is 0.414. The largest absolute Gasteiger partial charge is 0.488 e. The summed E-state index contributed by atoms with van der Waals surface area (Å²) in [6.45, 7) is -4.71. The van der Waals surface area contributed by atoms with Gasteiger partial charge in [0.15, 0.2) is 0 Å². The lowest BCUT2D eigenvalue weighted by molar-refractivity contribution is 0.485. The molecule has 1 heterocycles. The second kappa shape index (κ2) is 3.84. The van der Waals surface area contributed by atoms with E-state index >= 15 is 0 Å². The van der Waals surface area contributed by atoms with Gasteiger partial charge in [-0.3, -0.25) is 4.98 Å². The van der Waals surface area contributed by atoms with E-state index < -0.39 is 12.6 Å².